The molecule has 0 aliphatic rings. The predicted molar refractivity (Wildman–Crippen MR) is 69.4 cm³/mol. The van der Waals surface area contributed by atoms with E-state index in [4.69, 9.17) is 27.9 Å². The van der Waals surface area contributed by atoms with Gasteiger partial charge in [0.15, 0.2) is 0 Å². The fraction of sp³-hybridized carbons (Fsp3) is 0.545. The van der Waals surface area contributed by atoms with E-state index < -0.39 is 0 Å². The molecule has 2 unspecified atom stereocenters. The highest BCUT2D eigenvalue weighted by Crippen LogP contribution is 2.27. The summed E-state index contributed by atoms with van der Waals surface area (Å²) in [7, 11) is 1.65. The van der Waals surface area contributed by atoms with Crippen LogP contribution in [0.1, 0.15) is 31.4 Å². The molecule has 0 radical (unpaired) electrons. The van der Waals surface area contributed by atoms with Crippen LogP contribution in [-0.2, 0) is 4.74 Å². The summed E-state index contributed by atoms with van der Waals surface area (Å²) in [4.78, 5) is 4.02. The molecule has 0 bridgehead atoms. The number of hydrogen-bond donors (Lipinski definition) is 3. The van der Waals surface area contributed by atoms with Crippen LogP contribution in [0.15, 0.2) is 12.3 Å². The average molecular weight is 259 g/mol. The second-order valence-electron chi connectivity index (χ2n) is 3.84. The van der Waals surface area contributed by atoms with Crippen LogP contribution in [0.2, 0.25) is 5.02 Å². The Kier molecular flexibility index (Phi) is 5.64. The Morgan fingerprint density at radius 2 is 2.29 bits per heavy atom. The largest absolute Gasteiger partial charge is 0.383 e. The summed E-state index contributed by atoms with van der Waals surface area (Å²) in [6, 6.07) is 1.54. The zero-order valence-corrected chi connectivity index (χ0v) is 10.9. The van der Waals surface area contributed by atoms with Crippen molar-refractivity contribution in [1.82, 2.24) is 10.4 Å². The third kappa shape index (κ3) is 3.54. The highest BCUT2D eigenvalue weighted by atomic mass is 35.5. The molecule has 0 saturated carbocycles. The maximum atomic E-state index is 5.92. The van der Waals surface area contributed by atoms with Gasteiger partial charge in [-0.3, -0.25) is 11.3 Å². The number of nitrogens with one attached hydrogen (secondary N) is 1. The van der Waals surface area contributed by atoms with Crippen LogP contribution in [0.25, 0.3) is 0 Å². The lowest BCUT2D eigenvalue weighted by Gasteiger charge is -2.26. The van der Waals surface area contributed by atoms with Gasteiger partial charge in [0.1, 0.15) is 5.82 Å². The molecule has 0 aliphatic heterocycles. The van der Waals surface area contributed by atoms with Gasteiger partial charge in [0.2, 0.25) is 0 Å². The molecule has 96 valence electrons. The quantitative estimate of drug-likeness (QED) is 0.533. The zero-order valence-electron chi connectivity index (χ0n) is 10.1. The van der Waals surface area contributed by atoms with Crippen molar-refractivity contribution < 1.29 is 4.74 Å². The number of anilines is 1. The number of rotatable bonds is 6. The van der Waals surface area contributed by atoms with Crippen molar-refractivity contribution in [2.24, 2.45) is 5.84 Å². The van der Waals surface area contributed by atoms with E-state index in [0.717, 1.165) is 18.4 Å². The molecule has 1 heterocycles. The number of hydrazine groups is 1. The lowest BCUT2D eigenvalue weighted by molar-refractivity contribution is 0.0607. The smallest absolute Gasteiger partial charge is 0.128 e. The number of ether oxygens (including phenoxy) is 1. The minimum Gasteiger partial charge on any atom is -0.383 e. The highest BCUT2D eigenvalue weighted by Gasteiger charge is 2.23. The summed E-state index contributed by atoms with van der Waals surface area (Å²) in [5.41, 5.74) is 9.32. The summed E-state index contributed by atoms with van der Waals surface area (Å²) in [5, 5.41) is 0.529. The molecule has 2 atom stereocenters. The van der Waals surface area contributed by atoms with E-state index in [-0.39, 0.29) is 12.1 Å². The van der Waals surface area contributed by atoms with Crippen LogP contribution in [0.3, 0.4) is 0 Å². The van der Waals surface area contributed by atoms with Gasteiger partial charge >= 0.3 is 0 Å². The first kappa shape index (κ1) is 14.2. The number of nitrogen functional groups attached to an aromatic ring is 1. The zero-order chi connectivity index (χ0) is 12.8. The molecule has 1 rings (SSSR count). The number of aromatic nitrogens is 1. The van der Waals surface area contributed by atoms with E-state index >= 15 is 0 Å². The molecule has 0 aliphatic carbocycles. The van der Waals surface area contributed by atoms with Crippen LogP contribution >= 0.6 is 11.6 Å². The highest BCUT2D eigenvalue weighted by molar-refractivity contribution is 6.30. The molecule has 0 spiro atoms. The number of nitrogens with two attached hydrogens (primary N) is 2. The second-order valence-corrected chi connectivity index (χ2v) is 4.27. The molecule has 17 heavy (non-hydrogen) atoms. The Hall–Kier alpha value is -0.880. The molecular formula is C11H19ClN4O. The van der Waals surface area contributed by atoms with E-state index in [0.29, 0.717) is 10.8 Å². The Morgan fingerprint density at radius 1 is 1.59 bits per heavy atom. The van der Waals surface area contributed by atoms with Gasteiger partial charge in [-0.05, 0) is 12.5 Å². The van der Waals surface area contributed by atoms with Gasteiger partial charge < -0.3 is 10.5 Å². The number of hydrogen-bond acceptors (Lipinski definition) is 5. The maximum Gasteiger partial charge on any atom is 0.128 e. The minimum absolute atomic E-state index is 0.0624. The predicted octanol–water partition coefficient (Wildman–Crippen LogP) is 1.64. The van der Waals surface area contributed by atoms with Gasteiger partial charge in [0.25, 0.3) is 0 Å². The first-order chi connectivity index (χ1) is 8.13. The standard InChI is InChI=1S/C11H19ClN4O/c1-3-4-9(17-2)10(16-14)8-5-7(12)6-15-11(8)13/h5-6,9-10,16H,3-4,14H2,1-2H3,(H2,13,15). The second kappa shape index (κ2) is 6.76. The topological polar surface area (TPSA) is 86.2 Å². The molecule has 0 saturated heterocycles. The summed E-state index contributed by atoms with van der Waals surface area (Å²) >= 11 is 5.92. The van der Waals surface area contributed by atoms with E-state index in [1.54, 1.807) is 13.2 Å². The summed E-state index contributed by atoms with van der Waals surface area (Å²) in [5.74, 6) is 5.99. The molecule has 0 fully saturated rings. The van der Waals surface area contributed by atoms with Crippen molar-refractivity contribution in [3.05, 3.63) is 22.8 Å². The maximum absolute atomic E-state index is 5.92. The van der Waals surface area contributed by atoms with Crippen LogP contribution in [0.4, 0.5) is 5.82 Å². The fourth-order valence-electron chi connectivity index (χ4n) is 1.82. The van der Waals surface area contributed by atoms with Crippen LogP contribution < -0.4 is 17.0 Å². The summed E-state index contributed by atoms with van der Waals surface area (Å²) < 4.78 is 5.42. The van der Waals surface area contributed by atoms with E-state index in [2.05, 4.69) is 17.3 Å². The Morgan fingerprint density at radius 3 is 2.82 bits per heavy atom. The van der Waals surface area contributed by atoms with Crippen LogP contribution in [-0.4, -0.2) is 18.2 Å². The Bertz CT molecular complexity index is 361. The molecule has 5 nitrogen and oxygen atoms in total. The molecular weight excluding hydrogens is 240 g/mol. The lowest BCUT2D eigenvalue weighted by atomic mass is 9.99. The number of nitrogens with zero attached hydrogens (tertiary/aromatic N) is 1. The third-order valence-electron chi connectivity index (χ3n) is 2.68. The van der Waals surface area contributed by atoms with Crippen molar-refractivity contribution in [2.75, 3.05) is 12.8 Å². The molecule has 6 heteroatoms. The van der Waals surface area contributed by atoms with E-state index in [1.165, 1.54) is 6.20 Å². The van der Waals surface area contributed by atoms with Crippen molar-refractivity contribution in [1.29, 1.82) is 0 Å². The number of pyridine rings is 1. The first-order valence-electron chi connectivity index (χ1n) is 5.53. The van der Waals surface area contributed by atoms with Crippen LogP contribution in [0.5, 0.6) is 0 Å². The molecule has 0 aromatic carbocycles. The van der Waals surface area contributed by atoms with Gasteiger partial charge in [-0.15, -0.1) is 0 Å². The summed E-state index contributed by atoms with van der Waals surface area (Å²) in [6.07, 6.45) is 3.31. The lowest BCUT2D eigenvalue weighted by Crippen LogP contribution is -2.38. The number of halogens is 1. The molecule has 1 aromatic rings. The molecule has 5 N–H and O–H groups in total. The van der Waals surface area contributed by atoms with Gasteiger partial charge in [0, 0.05) is 18.9 Å². The molecule has 1 aromatic heterocycles. The van der Waals surface area contributed by atoms with Crippen LogP contribution in [0, 0.1) is 0 Å². The van der Waals surface area contributed by atoms with Gasteiger partial charge in [0.05, 0.1) is 17.2 Å². The average Bonchev–Trinajstić information content (AvgIpc) is 2.33. The Labute approximate surface area is 106 Å². The summed E-state index contributed by atoms with van der Waals surface area (Å²) in [6.45, 7) is 2.08. The van der Waals surface area contributed by atoms with Crippen molar-refractivity contribution >= 4 is 17.4 Å². The fourth-order valence-corrected chi connectivity index (χ4v) is 1.98. The SMILES string of the molecule is CCCC(OC)C(NN)c1cc(Cl)cnc1N. The van der Waals surface area contributed by atoms with Crippen molar-refractivity contribution in [2.45, 2.75) is 31.9 Å². The normalized spacial score (nSPS) is 14.6. The monoisotopic (exact) mass is 258 g/mol. The van der Waals surface area contributed by atoms with Gasteiger partial charge in [-0.25, -0.2) is 4.98 Å². The minimum atomic E-state index is -0.217. The van der Waals surface area contributed by atoms with Crippen molar-refractivity contribution in [3.8, 4) is 0 Å². The van der Waals surface area contributed by atoms with Gasteiger partial charge in [-0.2, -0.15) is 0 Å². The first-order valence-corrected chi connectivity index (χ1v) is 5.91. The van der Waals surface area contributed by atoms with E-state index in [1.807, 2.05) is 0 Å². The Balaban J connectivity index is 3.02. The number of methoxy groups -OCH3 is 1. The van der Waals surface area contributed by atoms with E-state index in [9.17, 15) is 0 Å². The third-order valence-corrected chi connectivity index (χ3v) is 2.89. The van der Waals surface area contributed by atoms with Crippen molar-refractivity contribution in [3.63, 3.8) is 0 Å². The van der Waals surface area contributed by atoms with Gasteiger partial charge in [-0.1, -0.05) is 24.9 Å². The molecule has 0 amide bonds.